The molecule has 0 spiro atoms. The monoisotopic (exact) mass is 463 g/mol. The van der Waals surface area contributed by atoms with Crippen molar-refractivity contribution < 1.29 is 19.0 Å². The van der Waals surface area contributed by atoms with Crippen molar-refractivity contribution in [2.24, 2.45) is 5.92 Å². The Morgan fingerprint density at radius 2 is 1.85 bits per heavy atom. The lowest BCUT2D eigenvalue weighted by Gasteiger charge is -2.29. The number of ether oxygens (including phenoxy) is 3. The Kier molecular flexibility index (Phi) is 6.10. The molecule has 9 heteroatoms. The zero-order valence-electron chi connectivity index (χ0n) is 19.5. The molecule has 2 N–H and O–H groups in total. The number of amides is 1. The molecule has 0 bridgehead atoms. The van der Waals surface area contributed by atoms with Crippen LogP contribution in [-0.4, -0.2) is 74.4 Å². The molecule has 2 aliphatic rings. The number of anilines is 2. The number of methoxy groups -OCH3 is 2. The average molecular weight is 464 g/mol. The van der Waals surface area contributed by atoms with Gasteiger partial charge >= 0.3 is 0 Å². The van der Waals surface area contributed by atoms with E-state index in [1.54, 1.807) is 14.2 Å². The van der Waals surface area contributed by atoms with Gasteiger partial charge in [0, 0.05) is 37.8 Å². The summed E-state index contributed by atoms with van der Waals surface area (Å²) in [6, 6.07) is 11.7. The van der Waals surface area contributed by atoms with E-state index in [4.69, 9.17) is 24.9 Å². The van der Waals surface area contributed by atoms with Crippen LogP contribution in [0.15, 0.2) is 36.4 Å². The molecule has 2 aliphatic heterocycles. The number of carbonyl (C=O) groups is 1. The largest absolute Gasteiger partial charge is 0.493 e. The van der Waals surface area contributed by atoms with E-state index >= 15 is 0 Å². The molecule has 1 aromatic heterocycles. The zero-order valence-corrected chi connectivity index (χ0v) is 19.5. The van der Waals surface area contributed by atoms with Gasteiger partial charge in [-0.1, -0.05) is 30.3 Å². The Bertz CT molecular complexity index is 1200. The van der Waals surface area contributed by atoms with Crippen molar-refractivity contribution in [3.63, 3.8) is 0 Å². The van der Waals surface area contributed by atoms with E-state index in [0.29, 0.717) is 73.6 Å². The second-order valence-electron chi connectivity index (χ2n) is 8.53. The summed E-state index contributed by atoms with van der Waals surface area (Å²) < 4.78 is 16.7. The summed E-state index contributed by atoms with van der Waals surface area (Å²) in [6.07, 6.45) is 0.763. The summed E-state index contributed by atoms with van der Waals surface area (Å²) in [5, 5.41) is 0.716. The lowest BCUT2D eigenvalue weighted by atomic mass is 9.99. The summed E-state index contributed by atoms with van der Waals surface area (Å²) in [6.45, 7) is 3.77. The molecule has 2 saturated heterocycles. The highest BCUT2D eigenvalue weighted by molar-refractivity contribution is 6.05. The van der Waals surface area contributed by atoms with Gasteiger partial charge in [-0.25, -0.2) is 4.98 Å². The summed E-state index contributed by atoms with van der Waals surface area (Å²) >= 11 is 0. The highest BCUT2D eigenvalue weighted by Crippen LogP contribution is 2.45. The Morgan fingerprint density at radius 3 is 2.56 bits per heavy atom. The van der Waals surface area contributed by atoms with E-state index in [0.717, 1.165) is 17.5 Å². The molecule has 2 aromatic carbocycles. The molecule has 5 rings (SSSR count). The minimum absolute atomic E-state index is 0.0797. The number of aromatic nitrogens is 2. The molecular weight excluding hydrogens is 434 g/mol. The number of morpholine rings is 1. The van der Waals surface area contributed by atoms with Crippen LogP contribution in [0, 0.1) is 5.92 Å². The van der Waals surface area contributed by atoms with E-state index in [-0.39, 0.29) is 11.8 Å². The number of fused-ring (bicyclic) bond motifs is 1. The van der Waals surface area contributed by atoms with Gasteiger partial charge in [-0.05, 0) is 12.0 Å². The number of hydrogen-bond donors (Lipinski definition) is 1. The first-order valence-corrected chi connectivity index (χ1v) is 11.5. The molecule has 0 radical (unpaired) electrons. The van der Waals surface area contributed by atoms with Gasteiger partial charge in [0.2, 0.25) is 11.9 Å². The molecule has 0 aliphatic carbocycles. The SMILES string of the molecule is COc1cc2nc(N3CC[C@H](C(=O)N4CCOCC4)C3)nc(N)c2c(-c2ccccc2)c1OC. The van der Waals surface area contributed by atoms with Crippen LogP contribution < -0.4 is 20.1 Å². The zero-order chi connectivity index (χ0) is 23.7. The smallest absolute Gasteiger partial charge is 0.227 e. The van der Waals surface area contributed by atoms with Gasteiger partial charge < -0.3 is 29.7 Å². The maximum absolute atomic E-state index is 13.0. The lowest BCUT2D eigenvalue weighted by Crippen LogP contribution is -2.44. The van der Waals surface area contributed by atoms with E-state index in [1.165, 1.54) is 0 Å². The Labute approximate surface area is 198 Å². The van der Waals surface area contributed by atoms with Crippen LogP contribution in [0.5, 0.6) is 11.5 Å². The molecule has 1 atom stereocenters. The highest BCUT2D eigenvalue weighted by atomic mass is 16.5. The van der Waals surface area contributed by atoms with Crippen LogP contribution in [-0.2, 0) is 9.53 Å². The molecule has 34 heavy (non-hydrogen) atoms. The number of rotatable bonds is 5. The molecule has 178 valence electrons. The van der Waals surface area contributed by atoms with E-state index < -0.39 is 0 Å². The van der Waals surface area contributed by atoms with Crippen molar-refractivity contribution in [1.29, 1.82) is 0 Å². The molecule has 0 unspecified atom stereocenters. The van der Waals surface area contributed by atoms with Crippen LogP contribution in [0.2, 0.25) is 0 Å². The topological polar surface area (TPSA) is 103 Å². The number of hydrogen-bond acceptors (Lipinski definition) is 8. The van der Waals surface area contributed by atoms with Crippen molar-refractivity contribution in [3.05, 3.63) is 36.4 Å². The average Bonchev–Trinajstić information content (AvgIpc) is 3.38. The second-order valence-corrected chi connectivity index (χ2v) is 8.53. The summed E-state index contributed by atoms with van der Waals surface area (Å²) in [4.78, 5) is 26.4. The first-order chi connectivity index (χ1) is 16.6. The fourth-order valence-electron chi connectivity index (χ4n) is 4.83. The van der Waals surface area contributed by atoms with Gasteiger partial charge in [-0.15, -0.1) is 0 Å². The third-order valence-corrected chi connectivity index (χ3v) is 6.55. The molecular formula is C25H29N5O4. The Balaban J connectivity index is 1.52. The fourth-order valence-corrected chi connectivity index (χ4v) is 4.83. The van der Waals surface area contributed by atoms with Crippen molar-refractivity contribution in [2.45, 2.75) is 6.42 Å². The Morgan fingerprint density at radius 1 is 1.09 bits per heavy atom. The maximum Gasteiger partial charge on any atom is 0.227 e. The normalized spacial score (nSPS) is 18.4. The molecule has 3 aromatic rings. The van der Waals surface area contributed by atoms with Crippen molar-refractivity contribution in [1.82, 2.24) is 14.9 Å². The Hall–Kier alpha value is -3.59. The molecule has 1 amide bonds. The summed E-state index contributed by atoms with van der Waals surface area (Å²) in [5.74, 6) is 2.14. The van der Waals surface area contributed by atoms with Gasteiger partial charge in [0.15, 0.2) is 11.5 Å². The molecule has 9 nitrogen and oxygen atoms in total. The van der Waals surface area contributed by atoms with Crippen LogP contribution in [0.4, 0.5) is 11.8 Å². The van der Waals surface area contributed by atoms with E-state index in [1.807, 2.05) is 46.2 Å². The number of carbonyl (C=O) groups excluding carboxylic acids is 1. The van der Waals surface area contributed by atoms with Crippen molar-refractivity contribution >= 4 is 28.6 Å². The van der Waals surface area contributed by atoms with Gasteiger partial charge in [0.1, 0.15) is 5.82 Å². The first kappa shape index (κ1) is 22.2. The van der Waals surface area contributed by atoms with Gasteiger partial charge in [-0.3, -0.25) is 4.79 Å². The molecule has 0 saturated carbocycles. The maximum atomic E-state index is 13.0. The van der Waals surface area contributed by atoms with Crippen LogP contribution >= 0.6 is 0 Å². The van der Waals surface area contributed by atoms with E-state index in [9.17, 15) is 4.79 Å². The minimum atomic E-state index is -0.0797. The standard InChI is InChI=1S/C25H29N5O4/c1-32-19-14-18-21(20(22(19)33-2)16-6-4-3-5-7-16)23(26)28-25(27-18)30-9-8-17(15-30)24(31)29-10-12-34-13-11-29/h3-7,14,17H,8-13,15H2,1-2H3,(H2,26,27,28)/t17-/m0/s1. The first-order valence-electron chi connectivity index (χ1n) is 11.5. The van der Waals surface area contributed by atoms with Gasteiger partial charge in [0.25, 0.3) is 0 Å². The van der Waals surface area contributed by atoms with Gasteiger partial charge in [-0.2, -0.15) is 4.98 Å². The lowest BCUT2D eigenvalue weighted by molar-refractivity contribution is -0.138. The quantitative estimate of drug-likeness (QED) is 0.616. The third-order valence-electron chi connectivity index (χ3n) is 6.55. The number of benzene rings is 2. The number of nitrogen functional groups attached to an aromatic ring is 1. The molecule has 2 fully saturated rings. The fraction of sp³-hybridized carbons (Fsp3) is 0.400. The van der Waals surface area contributed by atoms with Crippen molar-refractivity contribution in [3.8, 4) is 22.6 Å². The van der Waals surface area contributed by atoms with Crippen LogP contribution in [0.3, 0.4) is 0 Å². The summed E-state index contributed by atoms with van der Waals surface area (Å²) in [7, 11) is 3.21. The highest BCUT2D eigenvalue weighted by Gasteiger charge is 2.33. The second kappa shape index (κ2) is 9.34. The van der Waals surface area contributed by atoms with Crippen LogP contribution in [0.1, 0.15) is 6.42 Å². The number of nitrogens with two attached hydrogens (primary N) is 1. The van der Waals surface area contributed by atoms with Crippen LogP contribution in [0.25, 0.3) is 22.0 Å². The predicted molar refractivity (Wildman–Crippen MR) is 130 cm³/mol. The van der Waals surface area contributed by atoms with Gasteiger partial charge in [0.05, 0.1) is 44.3 Å². The minimum Gasteiger partial charge on any atom is -0.493 e. The number of nitrogens with zero attached hydrogens (tertiary/aromatic N) is 4. The summed E-state index contributed by atoms with van der Waals surface area (Å²) in [5.41, 5.74) is 8.92. The predicted octanol–water partition coefficient (Wildman–Crippen LogP) is 2.58. The third kappa shape index (κ3) is 3.96. The van der Waals surface area contributed by atoms with E-state index in [2.05, 4.69) is 4.98 Å². The van der Waals surface area contributed by atoms with Crippen molar-refractivity contribution in [2.75, 3.05) is 64.2 Å². The molecule has 3 heterocycles.